The Labute approximate surface area is 148 Å². The van der Waals surface area contributed by atoms with Gasteiger partial charge in [0.1, 0.15) is 5.75 Å². The van der Waals surface area contributed by atoms with Crippen molar-refractivity contribution in [2.75, 3.05) is 18.5 Å². The van der Waals surface area contributed by atoms with Gasteiger partial charge in [0, 0.05) is 11.6 Å². The van der Waals surface area contributed by atoms with Crippen LogP contribution in [-0.2, 0) is 11.3 Å². The molecule has 0 unspecified atom stereocenters. The summed E-state index contributed by atoms with van der Waals surface area (Å²) < 4.78 is 5.74. The highest BCUT2D eigenvalue weighted by molar-refractivity contribution is 6.31. The van der Waals surface area contributed by atoms with E-state index in [1.165, 1.54) is 0 Å². The number of hydrogen-bond donors (Lipinski definition) is 2. The summed E-state index contributed by atoms with van der Waals surface area (Å²) >= 11 is 6.08. The second kappa shape index (κ2) is 9.83. The summed E-state index contributed by atoms with van der Waals surface area (Å²) in [5, 5.41) is 6.63. The van der Waals surface area contributed by atoms with Gasteiger partial charge in [0.25, 0.3) is 0 Å². The molecule has 0 fully saturated rings. The first-order valence-electron chi connectivity index (χ1n) is 8.16. The number of unbranched alkanes of at least 4 members (excludes halogenated alkanes) is 1. The molecule has 24 heavy (non-hydrogen) atoms. The number of para-hydroxylation sites is 2. The number of carbonyl (C=O) groups excluding carboxylic acids is 1. The summed E-state index contributed by atoms with van der Waals surface area (Å²) in [6.45, 7) is 3.39. The quantitative estimate of drug-likeness (QED) is 0.667. The standard InChI is InChI=1S/C19H23ClN2O2/c1-2-3-12-24-18-11-7-6-10-17(18)21-14-19(23)22-13-15-8-4-5-9-16(15)20/h4-11,21H,2-3,12-14H2,1H3,(H,22,23). The number of ether oxygens (including phenoxy) is 1. The number of amides is 1. The second-order valence-electron chi connectivity index (χ2n) is 5.42. The fraction of sp³-hybridized carbons (Fsp3) is 0.316. The average molecular weight is 347 g/mol. The van der Waals surface area contributed by atoms with E-state index in [0.717, 1.165) is 29.8 Å². The number of rotatable bonds is 9. The van der Waals surface area contributed by atoms with Crippen molar-refractivity contribution in [3.63, 3.8) is 0 Å². The van der Waals surface area contributed by atoms with Crippen LogP contribution in [0.5, 0.6) is 5.75 Å². The normalized spacial score (nSPS) is 10.2. The van der Waals surface area contributed by atoms with Gasteiger partial charge in [0.2, 0.25) is 5.91 Å². The second-order valence-corrected chi connectivity index (χ2v) is 5.83. The van der Waals surface area contributed by atoms with Crippen LogP contribution >= 0.6 is 11.6 Å². The molecule has 0 atom stereocenters. The lowest BCUT2D eigenvalue weighted by Crippen LogP contribution is -2.29. The molecule has 0 radical (unpaired) electrons. The van der Waals surface area contributed by atoms with Gasteiger partial charge in [-0.2, -0.15) is 0 Å². The van der Waals surface area contributed by atoms with Gasteiger partial charge in [-0.15, -0.1) is 0 Å². The molecular weight excluding hydrogens is 324 g/mol. The predicted octanol–water partition coefficient (Wildman–Crippen LogP) is 4.25. The minimum absolute atomic E-state index is 0.0988. The summed E-state index contributed by atoms with van der Waals surface area (Å²) in [5.74, 6) is 0.670. The van der Waals surface area contributed by atoms with E-state index in [9.17, 15) is 4.79 Å². The lowest BCUT2D eigenvalue weighted by atomic mass is 10.2. The van der Waals surface area contributed by atoms with E-state index in [0.29, 0.717) is 18.2 Å². The lowest BCUT2D eigenvalue weighted by Gasteiger charge is -2.13. The fourth-order valence-corrected chi connectivity index (χ4v) is 2.34. The fourth-order valence-electron chi connectivity index (χ4n) is 2.14. The molecule has 2 aromatic carbocycles. The maximum Gasteiger partial charge on any atom is 0.239 e. The van der Waals surface area contributed by atoms with Gasteiger partial charge in [0.15, 0.2) is 0 Å². The Bertz CT molecular complexity index is 661. The Morgan fingerprint density at radius 2 is 1.88 bits per heavy atom. The average Bonchev–Trinajstić information content (AvgIpc) is 2.60. The molecule has 2 aromatic rings. The first-order valence-corrected chi connectivity index (χ1v) is 8.54. The van der Waals surface area contributed by atoms with Crippen LogP contribution in [0.1, 0.15) is 25.3 Å². The highest BCUT2D eigenvalue weighted by Crippen LogP contribution is 2.23. The van der Waals surface area contributed by atoms with Gasteiger partial charge >= 0.3 is 0 Å². The molecule has 0 aliphatic rings. The molecule has 4 nitrogen and oxygen atoms in total. The maximum absolute atomic E-state index is 12.0. The molecule has 2 N–H and O–H groups in total. The van der Waals surface area contributed by atoms with Gasteiger partial charge in [-0.3, -0.25) is 4.79 Å². The third-order valence-electron chi connectivity index (χ3n) is 3.52. The summed E-state index contributed by atoms with van der Waals surface area (Å²) in [7, 11) is 0. The molecule has 0 bridgehead atoms. The number of hydrogen-bond acceptors (Lipinski definition) is 3. The van der Waals surface area contributed by atoms with Gasteiger partial charge in [-0.1, -0.05) is 55.3 Å². The maximum atomic E-state index is 12.0. The van der Waals surface area contributed by atoms with Crippen molar-refractivity contribution in [3.05, 3.63) is 59.1 Å². The molecule has 0 aliphatic heterocycles. The van der Waals surface area contributed by atoms with Crippen molar-refractivity contribution < 1.29 is 9.53 Å². The van der Waals surface area contributed by atoms with Gasteiger partial charge in [-0.25, -0.2) is 0 Å². The molecule has 0 aromatic heterocycles. The molecule has 5 heteroatoms. The van der Waals surface area contributed by atoms with Gasteiger partial charge in [0.05, 0.1) is 18.8 Å². The van der Waals surface area contributed by atoms with Crippen LogP contribution in [-0.4, -0.2) is 19.1 Å². The van der Waals surface area contributed by atoms with E-state index in [-0.39, 0.29) is 12.5 Å². The summed E-state index contributed by atoms with van der Waals surface area (Å²) in [6.07, 6.45) is 2.09. The molecule has 0 saturated carbocycles. The van der Waals surface area contributed by atoms with Crippen molar-refractivity contribution in [2.45, 2.75) is 26.3 Å². The molecule has 0 spiro atoms. The highest BCUT2D eigenvalue weighted by atomic mass is 35.5. The van der Waals surface area contributed by atoms with Gasteiger partial charge in [-0.05, 0) is 30.2 Å². The largest absolute Gasteiger partial charge is 0.491 e. The molecule has 1 amide bonds. The van der Waals surface area contributed by atoms with E-state index in [1.807, 2.05) is 48.5 Å². The van der Waals surface area contributed by atoms with Gasteiger partial charge < -0.3 is 15.4 Å². The molecular formula is C19H23ClN2O2. The minimum Gasteiger partial charge on any atom is -0.491 e. The van der Waals surface area contributed by atoms with Crippen LogP contribution in [0.4, 0.5) is 5.69 Å². The third kappa shape index (κ3) is 5.78. The Balaban J connectivity index is 1.82. The van der Waals surface area contributed by atoms with Crippen molar-refractivity contribution in [2.24, 2.45) is 0 Å². The van der Waals surface area contributed by atoms with E-state index < -0.39 is 0 Å². The Kier molecular flexibility index (Phi) is 7.43. The molecule has 0 aliphatic carbocycles. The summed E-state index contributed by atoms with van der Waals surface area (Å²) in [6, 6.07) is 15.1. The third-order valence-corrected chi connectivity index (χ3v) is 3.88. The smallest absolute Gasteiger partial charge is 0.239 e. The topological polar surface area (TPSA) is 50.4 Å². The SMILES string of the molecule is CCCCOc1ccccc1NCC(=O)NCc1ccccc1Cl. The van der Waals surface area contributed by atoms with Crippen molar-refractivity contribution in [3.8, 4) is 5.75 Å². The Hall–Kier alpha value is -2.20. The number of anilines is 1. The zero-order chi connectivity index (χ0) is 17.2. The van der Waals surface area contributed by atoms with Crippen LogP contribution in [0.2, 0.25) is 5.02 Å². The summed E-state index contributed by atoms with van der Waals surface area (Å²) in [5.41, 5.74) is 1.72. The van der Waals surface area contributed by atoms with Crippen molar-refractivity contribution in [1.29, 1.82) is 0 Å². The highest BCUT2D eigenvalue weighted by Gasteiger charge is 2.06. The monoisotopic (exact) mass is 346 g/mol. The number of carbonyl (C=O) groups is 1. The lowest BCUT2D eigenvalue weighted by molar-refractivity contribution is -0.119. The van der Waals surface area contributed by atoms with Crippen LogP contribution in [0.25, 0.3) is 0 Å². The van der Waals surface area contributed by atoms with E-state index in [4.69, 9.17) is 16.3 Å². The molecule has 0 heterocycles. The van der Waals surface area contributed by atoms with E-state index in [2.05, 4.69) is 17.6 Å². The predicted molar refractivity (Wildman–Crippen MR) is 98.6 cm³/mol. The van der Waals surface area contributed by atoms with Crippen LogP contribution in [0.3, 0.4) is 0 Å². The van der Waals surface area contributed by atoms with Crippen LogP contribution in [0.15, 0.2) is 48.5 Å². The zero-order valence-corrected chi connectivity index (χ0v) is 14.6. The number of nitrogens with one attached hydrogen (secondary N) is 2. The zero-order valence-electron chi connectivity index (χ0n) is 13.8. The Morgan fingerprint density at radius 3 is 2.67 bits per heavy atom. The molecule has 128 valence electrons. The molecule has 0 saturated heterocycles. The minimum atomic E-state index is -0.0988. The van der Waals surface area contributed by atoms with Crippen molar-refractivity contribution >= 4 is 23.2 Å². The first kappa shape index (κ1) is 18.1. The van der Waals surface area contributed by atoms with E-state index in [1.54, 1.807) is 0 Å². The molecule has 2 rings (SSSR count). The first-order chi connectivity index (χ1) is 11.7. The van der Waals surface area contributed by atoms with Crippen LogP contribution < -0.4 is 15.4 Å². The summed E-state index contributed by atoms with van der Waals surface area (Å²) in [4.78, 5) is 12.0. The Morgan fingerprint density at radius 1 is 1.12 bits per heavy atom. The number of benzene rings is 2. The van der Waals surface area contributed by atoms with Crippen molar-refractivity contribution in [1.82, 2.24) is 5.32 Å². The van der Waals surface area contributed by atoms with E-state index >= 15 is 0 Å². The number of halogens is 1. The van der Waals surface area contributed by atoms with Crippen LogP contribution in [0, 0.1) is 0 Å².